The highest BCUT2D eigenvalue weighted by atomic mass is 16.5. The number of likely N-dealkylation sites (tertiary alicyclic amines) is 1. The molecule has 1 heterocycles. The molecule has 2 fully saturated rings. The molecule has 1 saturated heterocycles. The second-order valence-corrected chi connectivity index (χ2v) is 6.09. The Hall–Kier alpha value is -0.610. The van der Waals surface area contributed by atoms with E-state index in [4.69, 9.17) is 4.74 Å². The van der Waals surface area contributed by atoms with Crippen LogP contribution in [0, 0.1) is 0 Å². The van der Waals surface area contributed by atoms with Crippen LogP contribution in [0.5, 0.6) is 0 Å². The molecule has 2 aliphatic rings. The smallest absolute Gasteiger partial charge is 0.239 e. The van der Waals surface area contributed by atoms with Crippen LogP contribution in [-0.4, -0.2) is 48.2 Å². The highest BCUT2D eigenvalue weighted by Crippen LogP contribution is 2.23. The predicted molar refractivity (Wildman–Crippen MR) is 71.5 cm³/mol. The second-order valence-electron chi connectivity index (χ2n) is 6.09. The van der Waals surface area contributed by atoms with Crippen molar-refractivity contribution in [1.29, 1.82) is 0 Å². The summed E-state index contributed by atoms with van der Waals surface area (Å²) in [6.45, 7) is 8.38. The highest BCUT2D eigenvalue weighted by molar-refractivity contribution is 5.82. The molecule has 104 valence electrons. The van der Waals surface area contributed by atoms with E-state index < -0.39 is 0 Å². The van der Waals surface area contributed by atoms with Gasteiger partial charge < -0.3 is 15.0 Å². The van der Waals surface area contributed by atoms with Crippen LogP contribution in [-0.2, 0) is 9.53 Å². The van der Waals surface area contributed by atoms with E-state index in [0.717, 1.165) is 19.4 Å². The summed E-state index contributed by atoms with van der Waals surface area (Å²) in [6.07, 6.45) is 4.54. The second kappa shape index (κ2) is 5.57. The van der Waals surface area contributed by atoms with Gasteiger partial charge in [-0.3, -0.25) is 4.79 Å². The first-order valence-electron chi connectivity index (χ1n) is 7.20. The van der Waals surface area contributed by atoms with Gasteiger partial charge in [0.25, 0.3) is 0 Å². The average Bonchev–Trinajstić information content (AvgIpc) is 3.07. The van der Waals surface area contributed by atoms with E-state index in [9.17, 15) is 4.79 Å². The third kappa shape index (κ3) is 3.69. The van der Waals surface area contributed by atoms with Crippen LogP contribution in [0.15, 0.2) is 0 Å². The first-order valence-corrected chi connectivity index (χ1v) is 7.20. The van der Waals surface area contributed by atoms with Gasteiger partial charge in [-0.15, -0.1) is 0 Å². The van der Waals surface area contributed by atoms with E-state index in [0.29, 0.717) is 19.2 Å². The Kier molecular flexibility index (Phi) is 4.28. The van der Waals surface area contributed by atoms with Crippen molar-refractivity contribution in [1.82, 2.24) is 10.2 Å². The van der Waals surface area contributed by atoms with Crippen LogP contribution < -0.4 is 5.32 Å². The molecule has 0 aromatic rings. The van der Waals surface area contributed by atoms with Crippen LogP contribution >= 0.6 is 0 Å². The molecule has 1 N–H and O–H groups in total. The minimum atomic E-state index is -0.244. The molecule has 4 heteroatoms. The number of carbonyl (C=O) groups excluding carboxylic acids is 1. The Balaban J connectivity index is 1.88. The molecule has 1 unspecified atom stereocenters. The molecule has 0 aromatic heterocycles. The predicted octanol–water partition coefficient (Wildman–Crippen LogP) is 1.54. The Morgan fingerprint density at radius 3 is 2.72 bits per heavy atom. The number of hydrogen-bond donors (Lipinski definition) is 1. The molecule has 1 aliphatic heterocycles. The van der Waals surface area contributed by atoms with Crippen molar-refractivity contribution in [3.05, 3.63) is 0 Å². The summed E-state index contributed by atoms with van der Waals surface area (Å²) in [6, 6.07) is 0.641. The van der Waals surface area contributed by atoms with Crippen LogP contribution in [0.1, 0.15) is 46.5 Å². The van der Waals surface area contributed by atoms with E-state index in [1.54, 1.807) is 0 Å². The molecule has 1 saturated carbocycles. The fraction of sp³-hybridized carbons (Fsp3) is 0.929. The molecule has 0 radical (unpaired) electrons. The zero-order chi connectivity index (χ0) is 13.2. The molecule has 1 aliphatic carbocycles. The van der Waals surface area contributed by atoms with Gasteiger partial charge in [0.15, 0.2) is 0 Å². The molecule has 1 atom stereocenters. The van der Waals surface area contributed by atoms with Crippen molar-refractivity contribution >= 4 is 5.91 Å². The number of rotatable bonds is 6. The van der Waals surface area contributed by atoms with E-state index >= 15 is 0 Å². The van der Waals surface area contributed by atoms with Gasteiger partial charge in [0.05, 0.1) is 11.6 Å². The van der Waals surface area contributed by atoms with Crippen LogP contribution in [0.25, 0.3) is 0 Å². The first-order chi connectivity index (χ1) is 8.52. The number of nitrogens with one attached hydrogen (secondary N) is 1. The third-order valence-corrected chi connectivity index (χ3v) is 3.65. The molecular formula is C14H26N2O2. The maximum Gasteiger partial charge on any atom is 0.239 e. The first kappa shape index (κ1) is 13.8. The van der Waals surface area contributed by atoms with Gasteiger partial charge in [0.2, 0.25) is 5.91 Å². The van der Waals surface area contributed by atoms with Crippen molar-refractivity contribution in [3.63, 3.8) is 0 Å². The fourth-order valence-corrected chi connectivity index (χ4v) is 2.68. The Bertz CT molecular complexity index is 300. The Labute approximate surface area is 110 Å². The zero-order valence-electron chi connectivity index (χ0n) is 11.9. The summed E-state index contributed by atoms with van der Waals surface area (Å²) in [7, 11) is 0. The molecule has 1 amide bonds. The van der Waals surface area contributed by atoms with Gasteiger partial charge in [-0.1, -0.05) is 0 Å². The zero-order valence-corrected chi connectivity index (χ0v) is 11.9. The van der Waals surface area contributed by atoms with Crippen LogP contribution in [0.2, 0.25) is 0 Å². The molecular weight excluding hydrogens is 228 g/mol. The lowest BCUT2D eigenvalue weighted by Gasteiger charge is -2.37. The van der Waals surface area contributed by atoms with E-state index in [1.807, 2.05) is 11.8 Å². The monoisotopic (exact) mass is 254 g/mol. The van der Waals surface area contributed by atoms with Crippen LogP contribution in [0.4, 0.5) is 0 Å². The standard InChI is InChI=1S/C14H26N2O2/c1-4-18-14(2,3)10-16-9-5-6-12(13(16)17)15-11-7-8-11/h11-12,15H,4-10H2,1-3H3. The quantitative estimate of drug-likeness (QED) is 0.782. The van der Waals surface area contributed by atoms with Crippen molar-refractivity contribution in [2.75, 3.05) is 19.7 Å². The van der Waals surface area contributed by atoms with Crippen molar-refractivity contribution < 1.29 is 9.53 Å². The van der Waals surface area contributed by atoms with Gasteiger partial charge in [0.1, 0.15) is 0 Å². The number of nitrogens with zero attached hydrogens (tertiary/aromatic N) is 1. The molecule has 4 nitrogen and oxygen atoms in total. The van der Waals surface area contributed by atoms with Gasteiger partial charge in [0, 0.05) is 25.7 Å². The van der Waals surface area contributed by atoms with Gasteiger partial charge >= 0.3 is 0 Å². The van der Waals surface area contributed by atoms with Gasteiger partial charge in [-0.05, 0) is 46.5 Å². The van der Waals surface area contributed by atoms with Crippen molar-refractivity contribution in [2.45, 2.75) is 64.1 Å². The number of amides is 1. The summed E-state index contributed by atoms with van der Waals surface area (Å²) in [5, 5.41) is 3.46. The molecule has 18 heavy (non-hydrogen) atoms. The van der Waals surface area contributed by atoms with E-state index in [1.165, 1.54) is 12.8 Å². The lowest BCUT2D eigenvalue weighted by atomic mass is 10.0. The number of hydrogen-bond acceptors (Lipinski definition) is 3. The van der Waals surface area contributed by atoms with Crippen molar-refractivity contribution in [3.8, 4) is 0 Å². The van der Waals surface area contributed by atoms with Crippen molar-refractivity contribution in [2.24, 2.45) is 0 Å². The topological polar surface area (TPSA) is 41.6 Å². The highest BCUT2D eigenvalue weighted by Gasteiger charge is 2.35. The van der Waals surface area contributed by atoms with Crippen LogP contribution in [0.3, 0.4) is 0 Å². The minimum absolute atomic E-state index is 0.0451. The SMILES string of the molecule is CCOC(C)(C)CN1CCCC(NC2CC2)C1=O. The van der Waals surface area contributed by atoms with Gasteiger partial charge in [-0.2, -0.15) is 0 Å². The summed E-state index contributed by atoms with van der Waals surface area (Å²) >= 11 is 0. The summed E-state index contributed by atoms with van der Waals surface area (Å²) in [5.41, 5.74) is -0.244. The number of carbonyl (C=O) groups is 1. The maximum atomic E-state index is 12.4. The molecule has 2 rings (SSSR count). The maximum absolute atomic E-state index is 12.4. The normalized spacial score (nSPS) is 25.6. The average molecular weight is 254 g/mol. The lowest BCUT2D eigenvalue weighted by molar-refractivity contribution is -0.140. The van der Waals surface area contributed by atoms with E-state index in [-0.39, 0.29) is 17.6 Å². The van der Waals surface area contributed by atoms with E-state index in [2.05, 4.69) is 19.2 Å². The summed E-state index contributed by atoms with van der Waals surface area (Å²) < 4.78 is 5.69. The number of piperidine rings is 1. The molecule has 0 bridgehead atoms. The number of ether oxygens (including phenoxy) is 1. The molecule has 0 spiro atoms. The summed E-state index contributed by atoms with van der Waals surface area (Å²) in [4.78, 5) is 14.4. The van der Waals surface area contributed by atoms with Gasteiger partial charge in [-0.25, -0.2) is 0 Å². The third-order valence-electron chi connectivity index (χ3n) is 3.65. The Morgan fingerprint density at radius 2 is 2.11 bits per heavy atom. The lowest BCUT2D eigenvalue weighted by Crippen LogP contribution is -2.54. The minimum Gasteiger partial charge on any atom is -0.374 e. The Morgan fingerprint density at radius 1 is 1.39 bits per heavy atom. The summed E-state index contributed by atoms with van der Waals surface area (Å²) in [5.74, 6) is 0.265. The molecule has 0 aromatic carbocycles. The fourth-order valence-electron chi connectivity index (χ4n) is 2.68. The largest absolute Gasteiger partial charge is 0.374 e.